The summed E-state index contributed by atoms with van der Waals surface area (Å²) in [5.41, 5.74) is 17.3. The Balaban J connectivity index is 0.000000135. The molecule has 0 saturated carbocycles. The summed E-state index contributed by atoms with van der Waals surface area (Å²) in [7, 11) is 1.87. The topological polar surface area (TPSA) is 221 Å². The highest BCUT2D eigenvalue weighted by Gasteiger charge is 2.36. The van der Waals surface area contributed by atoms with Crippen LogP contribution >= 0.6 is 46.4 Å². The molecule has 3 N–H and O–H groups in total. The molecular weight excluding hydrogens is 1930 g/mol. The molecule has 0 aliphatic carbocycles. The highest BCUT2D eigenvalue weighted by Crippen LogP contribution is 2.34. The number of nitrogens with one attached hydrogen (secondary N) is 3. The predicted molar refractivity (Wildman–Crippen MR) is 593 cm³/mol. The van der Waals surface area contributed by atoms with E-state index in [1.165, 1.54) is 11.1 Å². The van der Waals surface area contributed by atoms with Crippen molar-refractivity contribution in [3.8, 4) is 0 Å². The summed E-state index contributed by atoms with van der Waals surface area (Å²) in [6.45, 7) is 15.9. The minimum absolute atomic E-state index is 0.00626. The average molecular weight is 2060 g/mol. The number of para-hydroxylation sites is 4. The Labute approximate surface area is 886 Å². The molecule has 20 rings (SSSR count). The molecule has 4 saturated heterocycles. The molecular formula is C123H127Cl4N13O8. The number of aromatic nitrogens is 5. The molecule has 760 valence electrons. The van der Waals surface area contributed by atoms with Crippen molar-refractivity contribution in [2.24, 2.45) is 23.7 Å². The smallest absolute Gasteiger partial charge is 0.270 e. The first-order chi connectivity index (χ1) is 71.9. The molecule has 4 aliphatic rings. The van der Waals surface area contributed by atoms with E-state index in [2.05, 4.69) is 115 Å². The molecule has 8 amide bonds. The molecule has 11 aromatic carbocycles. The average Bonchev–Trinajstić information content (AvgIpc) is 1.64. The first-order valence-corrected chi connectivity index (χ1v) is 53.1. The largest absolute Gasteiger partial charge is 0.356 e. The van der Waals surface area contributed by atoms with Crippen LogP contribution in [0.1, 0.15) is 176 Å². The molecule has 5 aromatic heterocycles. The Morgan fingerprint density at radius 3 is 0.899 bits per heavy atom. The second-order valence-electron chi connectivity index (χ2n) is 39.5. The van der Waals surface area contributed by atoms with Crippen LogP contribution < -0.4 is 16.0 Å². The molecule has 148 heavy (non-hydrogen) atoms. The van der Waals surface area contributed by atoms with Gasteiger partial charge in [0.15, 0.2) is 0 Å². The van der Waals surface area contributed by atoms with Gasteiger partial charge in [0.05, 0.1) is 0 Å². The van der Waals surface area contributed by atoms with Gasteiger partial charge in [0.1, 0.15) is 22.8 Å². The summed E-state index contributed by atoms with van der Waals surface area (Å²) in [5.74, 6) is 0.967. The van der Waals surface area contributed by atoms with Gasteiger partial charge in [-0.1, -0.05) is 273 Å². The zero-order chi connectivity index (χ0) is 103. The van der Waals surface area contributed by atoms with Crippen LogP contribution in [-0.2, 0) is 64.7 Å². The number of rotatable bonds is 28. The molecule has 21 nitrogen and oxygen atoms in total. The summed E-state index contributed by atoms with van der Waals surface area (Å²) in [6.07, 6.45) is 10.5. The second-order valence-corrected chi connectivity index (χ2v) is 41.3. The summed E-state index contributed by atoms with van der Waals surface area (Å²) in [5, 5.41) is 16.3. The van der Waals surface area contributed by atoms with E-state index in [1.807, 2.05) is 292 Å². The summed E-state index contributed by atoms with van der Waals surface area (Å²) >= 11 is 24.2. The van der Waals surface area contributed by atoms with Gasteiger partial charge < -0.3 is 58.7 Å². The van der Waals surface area contributed by atoms with Gasteiger partial charge >= 0.3 is 0 Å². The van der Waals surface area contributed by atoms with Crippen molar-refractivity contribution >= 4 is 137 Å². The minimum Gasteiger partial charge on any atom is -0.356 e. The van der Waals surface area contributed by atoms with Crippen LogP contribution in [0.4, 0.5) is 0 Å². The van der Waals surface area contributed by atoms with Crippen LogP contribution in [0.25, 0.3) is 43.6 Å². The van der Waals surface area contributed by atoms with Gasteiger partial charge in [0.2, 0.25) is 23.6 Å². The van der Waals surface area contributed by atoms with E-state index in [-0.39, 0.29) is 76.8 Å². The lowest BCUT2D eigenvalue weighted by molar-refractivity contribution is -0.136. The van der Waals surface area contributed by atoms with E-state index < -0.39 is 0 Å². The fraction of sp³-hybridized carbons (Fsp3) is 0.293. The van der Waals surface area contributed by atoms with Crippen molar-refractivity contribution in [1.29, 1.82) is 0 Å². The first kappa shape index (κ1) is 105. The predicted octanol–water partition coefficient (Wildman–Crippen LogP) is 23.6. The molecule has 4 fully saturated rings. The lowest BCUT2D eigenvalue weighted by atomic mass is 9.95. The van der Waals surface area contributed by atoms with Crippen LogP contribution in [0.3, 0.4) is 0 Å². The van der Waals surface area contributed by atoms with E-state index >= 15 is 0 Å². The standard InChI is InChI=1S/C33H36ClN3O2.C30H29Cl2N3O2.C30H31ClN4O2.C30H31N3O2/c1-23(2)26-11-7-24(8-12-26)15-18-35-32(38)27-16-19-36(20-17-27)33(39)31-21-28-5-3-4-6-30(28)37(31)22-25-9-13-29(34)14-10-25;31-25-9-5-21(6-10-25)13-16-33-29(36)23-14-17-34(18-15-23)30(37)28-19-24-3-1-2-4-27(24)35(28)20-22-7-11-26(32)12-8-22;1-21(23-10-14-32-15-11-23)19-33-29(36)24-12-16-34(17-13-24)30(37)28-18-25-4-2-3-5-27(25)35(28)20-22-6-8-26(31)9-7-22;1-31(21-23-10-4-2-5-11-23)29(34)25-16-18-32(19-17-25)30(35)28-20-26-14-8-9-15-27(26)33(28)22-24-12-6-3-7-13-24/h3-14,21,23,27H,15-20,22H2,1-2H3,(H,35,38);1-12,19,23H,13-18,20H2,(H,33,36);2-11,14-15,18,21,24H,12-13,16-17,19-20H2,1H3,(H,33,36);2-15,20,25H,16-19,21-22H2,1H3. The number of amides is 8. The zero-order valence-corrected chi connectivity index (χ0v) is 87.3. The van der Waals surface area contributed by atoms with Gasteiger partial charge in [-0.05, 0) is 235 Å². The molecule has 4 aliphatic heterocycles. The van der Waals surface area contributed by atoms with Gasteiger partial charge in [-0.3, -0.25) is 43.3 Å². The van der Waals surface area contributed by atoms with Crippen LogP contribution in [0.5, 0.6) is 0 Å². The van der Waals surface area contributed by atoms with Crippen molar-refractivity contribution in [2.45, 2.75) is 130 Å². The molecule has 0 bridgehead atoms. The number of benzene rings is 11. The maximum absolute atomic E-state index is 13.7. The molecule has 0 radical (unpaired) electrons. The number of pyridine rings is 1. The number of carbonyl (C=O) groups is 8. The van der Waals surface area contributed by atoms with Crippen LogP contribution in [0, 0.1) is 23.7 Å². The SMILES string of the molecule is CC(C)c1ccc(CCNC(=O)C2CCN(C(=O)c3cc4ccccc4n3Cc3ccc(Cl)cc3)CC2)cc1.CC(CNC(=O)C1CCN(C(=O)c2cc3ccccc3n2Cc2ccc(Cl)cc2)CC1)c1ccncc1.CN(Cc1ccccc1)C(=O)C1CCN(C(=O)c2cc3ccccc3n2Cc2ccccc2)CC1.O=C(NCCc1ccc(Cl)cc1)C1CCN(C(=O)c2cc3ccccc3n2Cc2ccc(Cl)cc2)CC1. The molecule has 9 heterocycles. The molecule has 1 unspecified atom stereocenters. The van der Waals surface area contributed by atoms with E-state index in [1.54, 1.807) is 12.4 Å². The fourth-order valence-electron chi connectivity index (χ4n) is 20.5. The third-order valence-electron chi connectivity index (χ3n) is 29.1. The van der Waals surface area contributed by atoms with Gasteiger partial charge in [-0.2, -0.15) is 0 Å². The van der Waals surface area contributed by atoms with Crippen LogP contribution in [0.15, 0.2) is 328 Å². The van der Waals surface area contributed by atoms with E-state index in [9.17, 15) is 38.4 Å². The summed E-state index contributed by atoms with van der Waals surface area (Å²) in [6, 6.07) is 104. The molecule has 0 spiro atoms. The van der Waals surface area contributed by atoms with Crippen LogP contribution in [0.2, 0.25) is 20.1 Å². The number of fused-ring (bicyclic) bond motifs is 4. The van der Waals surface area contributed by atoms with E-state index in [4.69, 9.17) is 46.4 Å². The van der Waals surface area contributed by atoms with E-state index in [0.29, 0.717) is 205 Å². The number of hydrogen-bond donors (Lipinski definition) is 3. The number of halogens is 4. The van der Waals surface area contributed by atoms with Crippen molar-refractivity contribution in [1.82, 2.24) is 63.7 Å². The Bertz CT molecular complexity index is 7230. The van der Waals surface area contributed by atoms with Gasteiger partial charge in [-0.25, -0.2) is 0 Å². The highest BCUT2D eigenvalue weighted by atomic mass is 35.5. The Hall–Kier alpha value is -14.4. The second kappa shape index (κ2) is 50.4. The molecule has 1 atom stereocenters. The number of likely N-dealkylation sites (tertiary alicyclic amines) is 4. The van der Waals surface area contributed by atoms with Crippen molar-refractivity contribution in [2.75, 3.05) is 79.0 Å². The van der Waals surface area contributed by atoms with Gasteiger partial charge in [-0.15, -0.1) is 0 Å². The van der Waals surface area contributed by atoms with Crippen molar-refractivity contribution < 1.29 is 38.4 Å². The third kappa shape index (κ3) is 27.0. The third-order valence-corrected chi connectivity index (χ3v) is 30.1. The van der Waals surface area contributed by atoms with Crippen LogP contribution in [-0.4, -0.2) is 174 Å². The zero-order valence-electron chi connectivity index (χ0n) is 84.3. The lowest BCUT2D eigenvalue weighted by Crippen LogP contribution is -2.44. The molecule has 16 aromatic rings. The highest BCUT2D eigenvalue weighted by molar-refractivity contribution is 6.31. The van der Waals surface area contributed by atoms with Crippen molar-refractivity contribution in [3.63, 3.8) is 0 Å². The number of hydrogen-bond acceptors (Lipinski definition) is 9. The summed E-state index contributed by atoms with van der Waals surface area (Å²) in [4.78, 5) is 120. The maximum atomic E-state index is 13.7. The lowest BCUT2D eigenvalue weighted by Gasteiger charge is -2.33. The number of carbonyl (C=O) groups excluding carboxylic acids is 8. The van der Waals surface area contributed by atoms with Crippen molar-refractivity contribution in [3.05, 3.63) is 421 Å². The Kier molecular flexibility index (Phi) is 35.7. The quantitative estimate of drug-likeness (QED) is 0.0424. The van der Waals surface area contributed by atoms with Gasteiger partial charge in [0, 0.05) is 212 Å². The fourth-order valence-corrected chi connectivity index (χ4v) is 21.0. The number of nitrogens with zero attached hydrogens (tertiary/aromatic N) is 10. The molecule has 25 heteroatoms. The minimum atomic E-state index is -0.0754. The Morgan fingerprint density at radius 2 is 0.581 bits per heavy atom. The monoisotopic (exact) mass is 2050 g/mol. The Morgan fingerprint density at radius 1 is 0.311 bits per heavy atom. The maximum Gasteiger partial charge on any atom is 0.270 e. The van der Waals surface area contributed by atoms with Gasteiger partial charge in [0.25, 0.3) is 23.6 Å². The number of piperidine rings is 4. The normalized spacial score (nSPS) is 14.4. The first-order valence-electron chi connectivity index (χ1n) is 51.6. The summed E-state index contributed by atoms with van der Waals surface area (Å²) < 4.78 is 8.38. The van der Waals surface area contributed by atoms with E-state index in [0.717, 1.165) is 95.4 Å².